The molecule has 0 fully saturated rings. The fraction of sp³-hybridized carbons (Fsp3) is 0.417. The minimum absolute atomic E-state index is 0.0135. The molecule has 186 valence electrons. The second kappa shape index (κ2) is 12.4. The lowest BCUT2D eigenvalue weighted by molar-refractivity contribution is -0.140. The molecule has 8 nitrogen and oxygen atoms in total. The van der Waals surface area contributed by atoms with Crippen molar-refractivity contribution in [1.29, 1.82) is 0 Å². The number of likely N-dealkylation sites (N-methyl/N-ethyl adjacent to an activating group) is 1. The predicted octanol–water partition coefficient (Wildman–Crippen LogP) is 2.93. The van der Waals surface area contributed by atoms with Gasteiger partial charge in [-0.25, -0.2) is 12.8 Å². The average molecular weight is 494 g/mol. The molecule has 0 spiro atoms. The molecular formula is C24H32FN3O5S. The Balaban J connectivity index is 2.15. The second-order valence-electron chi connectivity index (χ2n) is 7.82. The van der Waals surface area contributed by atoms with Crippen molar-refractivity contribution >= 4 is 27.5 Å². The van der Waals surface area contributed by atoms with Crippen LogP contribution in [0, 0.1) is 5.82 Å². The highest BCUT2D eigenvalue weighted by molar-refractivity contribution is 7.92. The van der Waals surface area contributed by atoms with Gasteiger partial charge in [0.05, 0.1) is 19.1 Å². The lowest BCUT2D eigenvalue weighted by Crippen LogP contribution is -2.47. The maximum absolute atomic E-state index is 14.2. The van der Waals surface area contributed by atoms with Gasteiger partial charge in [-0.3, -0.25) is 13.9 Å². The molecule has 0 unspecified atom stereocenters. The van der Waals surface area contributed by atoms with Crippen LogP contribution in [0.4, 0.5) is 10.1 Å². The van der Waals surface area contributed by atoms with Gasteiger partial charge in [-0.05, 0) is 50.6 Å². The Labute approximate surface area is 200 Å². The summed E-state index contributed by atoms with van der Waals surface area (Å²) in [5, 5.41) is 2.68. The molecule has 1 N–H and O–H groups in total. The first-order valence-electron chi connectivity index (χ1n) is 11.0. The fourth-order valence-electron chi connectivity index (χ4n) is 3.47. The Morgan fingerprint density at radius 3 is 2.32 bits per heavy atom. The van der Waals surface area contributed by atoms with Gasteiger partial charge in [-0.2, -0.15) is 0 Å². The van der Waals surface area contributed by atoms with Crippen LogP contribution in [0.2, 0.25) is 0 Å². The molecule has 0 saturated heterocycles. The summed E-state index contributed by atoms with van der Waals surface area (Å²) in [4.78, 5) is 26.8. The third-order valence-electron chi connectivity index (χ3n) is 5.33. The second-order valence-corrected chi connectivity index (χ2v) is 9.73. The number of anilines is 1. The van der Waals surface area contributed by atoms with Crippen LogP contribution < -0.4 is 14.4 Å². The molecule has 2 aromatic rings. The van der Waals surface area contributed by atoms with Crippen molar-refractivity contribution in [2.75, 3.05) is 30.8 Å². The van der Waals surface area contributed by atoms with E-state index in [-0.39, 0.29) is 37.7 Å². The van der Waals surface area contributed by atoms with Crippen molar-refractivity contribution in [3.05, 3.63) is 59.9 Å². The number of nitrogens with one attached hydrogen (secondary N) is 1. The number of ether oxygens (including phenoxy) is 1. The molecule has 1 atom stereocenters. The normalized spacial score (nSPS) is 12.0. The summed E-state index contributed by atoms with van der Waals surface area (Å²) in [6.07, 6.45) is 1.30. The van der Waals surface area contributed by atoms with Gasteiger partial charge in [-0.1, -0.05) is 18.2 Å². The number of amides is 2. The zero-order valence-electron chi connectivity index (χ0n) is 20.0. The van der Waals surface area contributed by atoms with Crippen molar-refractivity contribution in [2.45, 2.75) is 39.3 Å². The highest BCUT2D eigenvalue weighted by Gasteiger charge is 2.27. The molecule has 0 aliphatic heterocycles. The van der Waals surface area contributed by atoms with Crippen molar-refractivity contribution < 1.29 is 27.1 Å². The number of sulfonamides is 1. The van der Waals surface area contributed by atoms with Gasteiger partial charge in [0.15, 0.2) is 0 Å². The molecule has 2 aromatic carbocycles. The Morgan fingerprint density at radius 1 is 1.12 bits per heavy atom. The first-order valence-corrected chi connectivity index (χ1v) is 12.9. The van der Waals surface area contributed by atoms with E-state index in [1.54, 1.807) is 56.3 Å². The van der Waals surface area contributed by atoms with Gasteiger partial charge in [0.2, 0.25) is 21.8 Å². The van der Waals surface area contributed by atoms with E-state index < -0.39 is 21.9 Å². The first-order chi connectivity index (χ1) is 16.1. The highest BCUT2D eigenvalue weighted by Crippen LogP contribution is 2.22. The summed E-state index contributed by atoms with van der Waals surface area (Å²) in [5.41, 5.74) is 0.748. The molecule has 0 aliphatic carbocycles. The van der Waals surface area contributed by atoms with Crippen LogP contribution in [0.1, 0.15) is 32.3 Å². The van der Waals surface area contributed by atoms with E-state index >= 15 is 0 Å². The lowest BCUT2D eigenvalue weighted by Gasteiger charge is -2.29. The number of hydrogen-bond acceptors (Lipinski definition) is 5. The van der Waals surface area contributed by atoms with Crippen LogP contribution in [0.3, 0.4) is 0 Å². The third kappa shape index (κ3) is 7.44. The topological polar surface area (TPSA) is 96.0 Å². The van der Waals surface area contributed by atoms with Crippen LogP contribution in [-0.4, -0.2) is 57.6 Å². The van der Waals surface area contributed by atoms with Gasteiger partial charge >= 0.3 is 0 Å². The smallest absolute Gasteiger partial charge is 0.242 e. The van der Waals surface area contributed by atoms with E-state index in [0.29, 0.717) is 23.5 Å². The van der Waals surface area contributed by atoms with Crippen LogP contribution in [0.5, 0.6) is 5.75 Å². The minimum atomic E-state index is -3.59. The number of benzene rings is 2. The van der Waals surface area contributed by atoms with Gasteiger partial charge in [0, 0.05) is 31.6 Å². The van der Waals surface area contributed by atoms with Crippen molar-refractivity contribution in [3.63, 3.8) is 0 Å². The first kappa shape index (κ1) is 27.1. The molecule has 0 aromatic heterocycles. The Hall–Kier alpha value is -3.14. The minimum Gasteiger partial charge on any atom is -0.497 e. The van der Waals surface area contributed by atoms with E-state index in [4.69, 9.17) is 4.74 Å². The quantitative estimate of drug-likeness (QED) is 0.491. The van der Waals surface area contributed by atoms with Crippen LogP contribution in [0.15, 0.2) is 48.5 Å². The van der Waals surface area contributed by atoms with Crippen molar-refractivity contribution in [1.82, 2.24) is 10.2 Å². The van der Waals surface area contributed by atoms with E-state index in [1.165, 1.54) is 22.4 Å². The number of methoxy groups -OCH3 is 1. The number of halogens is 1. The number of rotatable bonds is 12. The molecule has 0 bridgehead atoms. The van der Waals surface area contributed by atoms with Crippen LogP contribution in [0.25, 0.3) is 0 Å². The molecule has 10 heteroatoms. The predicted molar refractivity (Wildman–Crippen MR) is 130 cm³/mol. The molecule has 2 rings (SSSR count). The molecule has 0 aliphatic rings. The number of carbonyl (C=O) groups excluding carboxylic acids is 2. The molecule has 0 saturated carbocycles. The van der Waals surface area contributed by atoms with Crippen molar-refractivity contribution in [3.8, 4) is 5.75 Å². The number of hydrogen-bond donors (Lipinski definition) is 1. The van der Waals surface area contributed by atoms with E-state index in [9.17, 15) is 22.4 Å². The molecule has 34 heavy (non-hydrogen) atoms. The van der Waals surface area contributed by atoms with Crippen LogP contribution >= 0.6 is 0 Å². The Bertz CT molecular complexity index is 1080. The zero-order valence-corrected chi connectivity index (χ0v) is 20.8. The Morgan fingerprint density at radius 2 is 1.76 bits per heavy atom. The largest absolute Gasteiger partial charge is 0.497 e. The highest BCUT2D eigenvalue weighted by atomic mass is 32.2. The van der Waals surface area contributed by atoms with E-state index in [0.717, 1.165) is 6.26 Å². The van der Waals surface area contributed by atoms with Crippen LogP contribution in [-0.2, 0) is 26.2 Å². The maximum atomic E-state index is 14.2. The average Bonchev–Trinajstić information content (AvgIpc) is 2.80. The van der Waals surface area contributed by atoms with Gasteiger partial charge < -0.3 is 15.0 Å². The summed E-state index contributed by atoms with van der Waals surface area (Å²) in [7, 11) is -2.08. The summed E-state index contributed by atoms with van der Waals surface area (Å²) >= 11 is 0. The summed E-state index contributed by atoms with van der Waals surface area (Å²) in [6.45, 7) is 3.75. The Kier molecular flexibility index (Phi) is 9.85. The van der Waals surface area contributed by atoms with Crippen molar-refractivity contribution in [2.24, 2.45) is 0 Å². The molecular weight excluding hydrogens is 461 g/mol. The number of nitrogens with zero attached hydrogens (tertiary/aromatic N) is 2. The summed E-state index contributed by atoms with van der Waals surface area (Å²) in [6, 6.07) is 11.8. The maximum Gasteiger partial charge on any atom is 0.242 e. The molecule has 0 radical (unpaired) electrons. The SMILES string of the molecule is CCNC(=O)[C@H](C)N(Cc1ccccc1F)C(=O)CCCN(c1ccc(OC)cc1)S(C)(=O)=O. The summed E-state index contributed by atoms with van der Waals surface area (Å²) < 4.78 is 45.3. The number of carbonyl (C=O) groups is 2. The van der Waals surface area contributed by atoms with Gasteiger partial charge in [0.25, 0.3) is 0 Å². The summed E-state index contributed by atoms with van der Waals surface area (Å²) in [5.74, 6) is -0.588. The van der Waals surface area contributed by atoms with E-state index in [2.05, 4.69) is 5.32 Å². The molecule has 0 heterocycles. The standard InChI is InChI=1S/C24H32FN3O5S/c1-5-26-24(30)18(2)27(17-19-9-6-7-10-22(19)25)23(29)11-8-16-28(34(4,31)32)20-12-14-21(33-3)15-13-20/h6-7,9-10,12-15,18H,5,8,11,16-17H2,1-4H3,(H,26,30)/t18-/m0/s1. The fourth-order valence-corrected chi connectivity index (χ4v) is 4.43. The van der Waals surface area contributed by atoms with E-state index in [1.807, 2.05) is 0 Å². The monoisotopic (exact) mass is 493 g/mol. The molecule has 2 amide bonds. The lowest BCUT2D eigenvalue weighted by atomic mass is 10.1. The zero-order chi connectivity index (χ0) is 25.3. The van der Waals surface area contributed by atoms with Gasteiger partial charge in [-0.15, -0.1) is 0 Å². The van der Waals surface area contributed by atoms with Gasteiger partial charge in [0.1, 0.15) is 17.6 Å². The third-order valence-corrected chi connectivity index (χ3v) is 6.52.